The molecule has 1 unspecified atom stereocenters. The summed E-state index contributed by atoms with van der Waals surface area (Å²) in [6, 6.07) is 5.19. The number of thioether (sulfide) groups is 1. The molecule has 2 fully saturated rings. The van der Waals surface area contributed by atoms with Crippen LogP contribution in [0.15, 0.2) is 18.2 Å². The number of methoxy groups -OCH3 is 1. The molecular formula is C18H24N2O3S. The number of aryl methyl sites for hydroxylation is 1. The number of carbonyl (C=O) groups is 2. The standard InChI is InChI=1S/C18H24N2O3S/c1-12-9-14(23-2)7-8-15(12)19-17(21)16-10-24-11-20(16)18(22)13-5-3-4-6-13/h7-9,13,16H,3-6,10-11H2,1-2H3,(H,19,21). The first kappa shape index (κ1) is 17.1. The largest absolute Gasteiger partial charge is 0.497 e. The van der Waals surface area contributed by atoms with Gasteiger partial charge >= 0.3 is 0 Å². The van der Waals surface area contributed by atoms with Gasteiger partial charge in [0, 0.05) is 17.4 Å². The van der Waals surface area contributed by atoms with Crippen molar-refractivity contribution in [1.29, 1.82) is 0 Å². The van der Waals surface area contributed by atoms with Crippen LogP contribution >= 0.6 is 11.8 Å². The van der Waals surface area contributed by atoms with Crippen LogP contribution in [0.5, 0.6) is 5.75 Å². The Labute approximate surface area is 147 Å². The summed E-state index contributed by atoms with van der Waals surface area (Å²) in [5, 5.41) is 2.98. The third-order valence-electron chi connectivity index (χ3n) is 4.86. The molecule has 24 heavy (non-hydrogen) atoms. The predicted octanol–water partition coefficient (Wildman–Crippen LogP) is 3.03. The molecular weight excluding hydrogens is 324 g/mol. The van der Waals surface area contributed by atoms with Crippen molar-refractivity contribution in [3.8, 4) is 5.75 Å². The second-order valence-corrected chi connectivity index (χ2v) is 7.47. The fourth-order valence-electron chi connectivity index (χ4n) is 3.40. The van der Waals surface area contributed by atoms with Crippen molar-refractivity contribution >= 4 is 29.3 Å². The van der Waals surface area contributed by atoms with Crippen LogP contribution in [-0.4, -0.2) is 41.5 Å². The van der Waals surface area contributed by atoms with Crippen molar-refractivity contribution in [2.45, 2.75) is 38.6 Å². The first-order chi connectivity index (χ1) is 11.6. The molecule has 5 nitrogen and oxygen atoms in total. The lowest BCUT2D eigenvalue weighted by Gasteiger charge is -2.26. The number of carbonyl (C=O) groups excluding carboxylic acids is 2. The van der Waals surface area contributed by atoms with Crippen molar-refractivity contribution in [2.24, 2.45) is 5.92 Å². The number of nitrogens with zero attached hydrogens (tertiary/aromatic N) is 1. The van der Waals surface area contributed by atoms with Crippen LogP contribution in [0.1, 0.15) is 31.2 Å². The van der Waals surface area contributed by atoms with E-state index in [0.717, 1.165) is 42.7 Å². The monoisotopic (exact) mass is 348 g/mol. The van der Waals surface area contributed by atoms with Crippen LogP contribution in [0, 0.1) is 12.8 Å². The van der Waals surface area contributed by atoms with Gasteiger partial charge in [-0.05, 0) is 43.5 Å². The van der Waals surface area contributed by atoms with Gasteiger partial charge in [-0.3, -0.25) is 9.59 Å². The molecule has 1 aliphatic carbocycles. The van der Waals surface area contributed by atoms with Gasteiger partial charge in [-0.15, -0.1) is 11.8 Å². The van der Waals surface area contributed by atoms with Gasteiger partial charge in [0.1, 0.15) is 11.8 Å². The van der Waals surface area contributed by atoms with E-state index in [4.69, 9.17) is 4.74 Å². The molecule has 0 aromatic heterocycles. The molecule has 0 radical (unpaired) electrons. The van der Waals surface area contributed by atoms with Crippen molar-refractivity contribution in [1.82, 2.24) is 4.90 Å². The second kappa shape index (κ2) is 7.47. The molecule has 6 heteroatoms. The molecule has 1 heterocycles. The number of rotatable bonds is 4. The molecule has 1 aromatic rings. The number of benzene rings is 1. The molecule has 2 aliphatic rings. The highest BCUT2D eigenvalue weighted by Crippen LogP contribution is 2.31. The molecule has 1 saturated heterocycles. The van der Waals surface area contributed by atoms with Gasteiger partial charge in [0.25, 0.3) is 0 Å². The Bertz CT molecular complexity index is 629. The lowest BCUT2D eigenvalue weighted by atomic mass is 10.1. The Balaban J connectivity index is 1.68. The highest BCUT2D eigenvalue weighted by molar-refractivity contribution is 7.99. The Hall–Kier alpha value is -1.69. The van der Waals surface area contributed by atoms with Crippen LogP contribution in [0.25, 0.3) is 0 Å². The lowest BCUT2D eigenvalue weighted by Crippen LogP contribution is -2.46. The first-order valence-corrected chi connectivity index (χ1v) is 9.59. The van der Waals surface area contributed by atoms with E-state index in [1.807, 2.05) is 25.1 Å². The maximum absolute atomic E-state index is 12.7. The van der Waals surface area contributed by atoms with E-state index in [1.54, 1.807) is 23.8 Å². The minimum absolute atomic E-state index is 0.0976. The molecule has 1 N–H and O–H groups in total. The van der Waals surface area contributed by atoms with Crippen LogP contribution in [-0.2, 0) is 9.59 Å². The zero-order chi connectivity index (χ0) is 17.1. The molecule has 130 valence electrons. The van der Waals surface area contributed by atoms with Gasteiger partial charge in [0.2, 0.25) is 11.8 Å². The van der Waals surface area contributed by atoms with Gasteiger partial charge in [0.05, 0.1) is 13.0 Å². The molecule has 1 aromatic carbocycles. The van der Waals surface area contributed by atoms with Crippen molar-refractivity contribution < 1.29 is 14.3 Å². The molecule has 1 aliphatic heterocycles. The van der Waals surface area contributed by atoms with E-state index in [1.165, 1.54) is 0 Å². The summed E-state index contributed by atoms with van der Waals surface area (Å²) in [6.07, 6.45) is 4.18. The Kier molecular flexibility index (Phi) is 5.33. The van der Waals surface area contributed by atoms with E-state index in [2.05, 4.69) is 5.32 Å². The number of nitrogens with one attached hydrogen (secondary N) is 1. The van der Waals surface area contributed by atoms with Crippen molar-refractivity contribution in [3.63, 3.8) is 0 Å². The Morgan fingerprint density at radius 3 is 2.71 bits per heavy atom. The van der Waals surface area contributed by atoms with Gasteiger partial charge in [-0.2, -0.15) is 0 Å². The van der Waals surface area contributed by atoms with Gasteiger partial charge in [-0.1, -0.05) is 12.8 Å². The van der Waals surface area contributed by atoms with Gasteiger partial charge in [-0.25, -0.2) is 0 Å². The summed E-state index contributed by atoms with van der Waals surface area (Å²) < 4.78 is 5.19. The summed E-state index contributed by atoms with van der Waals surface area (Å²) in [5.41, 5.74) is 1.72. The van der Waals surface area contributed by atoms with E-state index >= 15 is 0 Å². The molecule has 0 spiro atoms. The fourth-order valence-corrected chi connectivity index (χ4v) is 4.57. The third-order valence-corrected chi connectivity index (χ3v) is 5.88. The highest BCUT2D eigenvalue weighted by atomic mass is 32.2. The zero-order valence-corrected chi connectivity index (χ0v) is 15.0. The fraction of sp³-hybridized carbons (Fsp3) is 0.556. The van der Waals surface area contributed by atoms with Crippen molar-refractivity contribution in [3.05, 3.63) is 23.8 Å². The number of hydrogen-bond acceptors (Lipinski definition) is 4. The number of ether oxygens (including phenoxy) is 1. The maximum atomic E-state index is 12.7. The van der Waals surface area contributed by atoms with Crippen LogP contribution < -0.4 is 10.1 Å². The average molecular weight is 348 g/mol. The lowest BCUT2D eigenvalue weighted by molar-refractivity contribution is -0.139. The van der Waals surface area contributed by atoms with E-state index in [9.17, 15) is 9.59 Å². The first-order valence-electron chi connectivity index (χ1n) is 8.44. The number of amides is 2. The third kappa shape index (κ3) is 3.53. The second-order valence-electron chi connectivity index (χ2n) is 6.48. The minimum atomic E-state index is -0.371. The van der Waals surface area contributed by atoms with Crippen LogP contribution in [0.3, 0.4) is 0 Å². The van der Waals surface area contributed by atoms with E-state index < -0.39 is 0 Å². The molecule has 1 atom stereocenters. The Morgan fingerprint density at radius 2 is 2.04 bits per heavy atom. The van der Waals surface area contributed by atoms with Crippen LogP contribution in [0.2, 0.25) is 0 Å². The smallest absolute Gasteiger partial charge is 0.248 e. The summed E-state index contributed by atoms with van der Waals surface area (Å²) in [6.45, 7) is 1.93. The average Bonchev–Trinajstić information content (AvgIpc) is 3.27. The summed E-state index contributed by atoms with van der Waals surface area (Å²) in [4.78, 5) is 27.2. The SMILES string of the molecule is COc1ccc(NC(=O)C2CSCN2C(=O)C2CCCC2)c(C)c1. The van der Waals surface area contributed by atoms with Gasteiger partial charge < -0.3 is 15.0 Å². The predicted molar refractivity (Wildman–Crippen MR) is 96.3 cm³/mol. The molecule has 0 bridgehead atoms. The molecule has 3 rings (SSSR count). The minimum Gasteiger partial charge on any atom is -0.497 e. The molecule has 1 saturated carbocycles. The van der Waals surface area contributed by atoms with Crippen molar-refractivity contribution in [2.75, 3.05) is 24.1 Å². The Morgan fingerprint density at radius 1 is 1.29 bits per heavy atom. The normalized spacial score (nSPS) is 21.1. The van der Waals surface area contributed by atoms with E-state index in [0.29, 0.717) is 11.6 Å². The van der Waals surface area contributed by atoms with E-state index in [-0.39, 0.29) is 23.8 Å². The number of anilines is 1. The summed E-state index contributed by atoms with van der Waals surface area (Å²) in [5.74, 6) is 2.22. The zero-order valence-electron chi connectivity index (χ0n) is 14.2. The van der Waals surface area contributed by atoms with Crippen LogP contribution in [0.4, 0.5) is 5.69 Å². The number of hydrogen-bond donors (Lipinski definition) is 1. The maximum Gasteiger partial charge on any atom is 0.248 e. The quantitative estimate of drug-likeness (QED) is 0.909. The summed E-state index contributed by atoms with van der Waals surface area (Å²) in [7, 11) is 1.62. The van der Waals surface area contributed by atoms with Gasteiger partial charge in [0.15, 0.2) is 0 Å². The molecule has 2 amide bonds. The summed E-state index contributed by atoms with van der Waals surface area (Å²) >= 11 is 1.65. The topological polar surface area (TPSA) is 58.6 Å². The highest BCUT2D eigenvalue weighted by Gasteiger charge is 2.38.